The number of nitrogens with zero attached hydrogens (tertiary/aromatic N) is 3. The molecule has 0 heterocycles. The molecule has 1 aromatic rings. The Labute approximate surface area is 107 Å². The monoisotopic (exact) mass is 249 g/mol. The van der Waals surface area contributed by atoms with Gasteiger partial charge in [0.15, 0.2) is 0 Å². The molecule has 0 aliphatic heterocycles. The molecule has 0 radical (unpaired) electrons. The molecule has 5 heteroatoms. The Balaban J connectivity index is 2.17. The van der Waals surface area contributed by atoms with Crippen LogP contribution in [0.25, 0.3) is 10.4 Å². The van der Waals surface area contributed by atoms with Gasteiger partial charge in [-0.3, -0.25) is 0 Å². The van der Waals surface area contributed by atoms with E-state index in [1.54, 1.807) is 0 Å². The standard InChI is InChI=1S/C13H19N3O2/c1-11(2)12-3-5-13(6-4-12)18-10-9-17-8-7-15-16-14/h3-6,11H,7-10H2,1-2H3. The summed E-state index contributed by atoms with van der Waals surface area (Å²) in [6.45, 7) is 6.10. The Bertz CT molecular complexity index is 384. The van der Waals surface area contributed by atoms with E-state index in [0.29, 0.717) is 32.3 Å². The van der Waals surface area contributed by atoms with E-state index in [1.165, 1.54) is 5.56 Å². The second-order valence-electron chi connectivity index (χ2n) is 4.14. The maximum atomic E-state index is 8.06. The number of ether oxygens (including phenoxy) is 2. The van der Waals surface area contributed by atoms with Crippen molar-refractivity contribution >= 4 is 0 Å². The second kappa shape index (κ2) is 8.39. The molecule has 0 aliphatic carbocycles. The minimum Gasteiger partial charge on any atom is -0.491 e. The van der Waals surface area contributed by atoms with Crippen LogP contribution in [0.4, 0.5) is 0 Å². The number of azide groups is 1. The fourth-order valence-electron chi connectivity index (χ4n) is 1.42. The van der Waals surface area contributed by atoms with Crippen LogP contribution in [0.15, 0.2) is 29.4 Å². The molecule has 0 unspecified atom stereocenters. The SMILES string of the molecule is CC(C)c1ccc(OCCOCCN=[N+]=[N-])cc1. The van der Waals surface area contributed by atoms with Gasteiger partial charge in [-0.25, -0.2) is 0 Å². The van der Waals surface area contributed by atoms with Crippen molar-refractivity contribution < 1.29 is 9.47 Å². The van der Waals surface area contributed by atoms with E-state index in [2.05, 4.69) is 36.0 Å². The first kappa shape index (κ1) is 14.4. The van der Waals surface area contributed by atoms with Crippen molar-refractivity contribution in [2.45, 2.75) is 19.8 Å². The van der Waals surface area contributed by atoms with Gasteiger partial charge in [-0.15, -0.1) is 0 Å². The third kappa shape index (κ3) is 5.57. The maximum Gasteiger partial charge on any atom is 0.119 e. The van der Waals surface area contributed by atoms with Crippen molar-refractivity contribution in [2.24, 2.45) is 5.11 Å². The Morgan fingerprint density at radius 3 is 2.50 bits per heavy atom. The molecule has 0 atom stereocenters. The van der Waals surface area contributed by atoms with Crippen molar-refractivity contribution in [3.63, 3.8) is 0 Å². The van der Waals surface area contributed by atoms with Crippen LogP contribution in [0.1, 0.15) is 25.3 Å². The predicted octanol–water partition coefficient (Wildman–Crippen LogP) is 3.52. The summed E-state index contributed by atoms with van der Waals surface area (Å²) in [4.78, 5) is 2.64. The molecular formula is C13H19N3O2. The van der Waals surface area contributed by atoms with E-state index in [0.717, 1.165) is 5.75 Å². The van der Waals surface area contributed by atoms with E-state index >= 15 is 0 Å². The van der Waals surface area contributed by atoms with Crippen molar-refractivity contribution in [2.75, 3.05) is 26.4 Å². The molecule has 0 N–H and O–H groups in total. The average molecular weight is 249 g/mol. The molecule has 0 aliphatic rings. The normalized spacial score (nSPS) is 10.2. The van der Waals surface area contributed by atoms with Crippen molar-refractivity contribution in [1.82, 2.24) is 0 Å². The van der Waals surface area contributed by atoms with E-state index < -0.39 is 0 Å². The average Bonchev–Trinajstić information content (AvgIpc) is 2.38. The molecule has 5 nitrogen and oxygen atoms in total. The predicted molar refractivity (Wildman–Crippen MR) is 70.9 cm³/mol. The Kier molecular flexibility index (Phi) is 6.69. The summed E-state index contributed by atoms with van der Waals surface area (Å²) in [6, 6.07) is 8.08. The van der Waals surface area contributed by atoms with Crippen LogP contribution < -0.4 is 4.74 Å². The van der Waals surface area contributed by atoms with Crippen LogP contribution in [-0.2, 0) is 4.74 Å². The van der Waals surface area contributed by atoms with Gasteiger partial charge >= 0.3 is 0 Å². The summed E-state index contributed by atoms with van der Waals surface area (Å²) in [5, 5.41) is 3.37. The first-order chi connectivity index (χ1) is 8.74. The zero-order chi connectivity index (χ0) is 13.2. The molecule has 0 fully saturated rings. The molecule has 0 bridgehead atoms. The van der Waals surface area contributed by atoms with Crippen molar-refractivity contribution in [3.05, 3.63) is 40.3 Å². The molecule has 1 aromatic carbocycles. The first-order valence-electron chi connectivity index (χ1n) is 6.05. The fourth-order valence-corrected chi connectivity index (χ4v) is 1.42. The highest BCUT2D eigenvalue weighted by Crippen LogP contribution is 2.18. The van der Waals surface area contributed by atoms with Crippen LogP contribution in [0, 0.1) is 0 Å². The second-order valence-corrected chi connectivity index (χ2v) is 4.14. The van der Waals surface area contributed by atoms with Gasteiger partial charge in [-0.2, -0.15) is 0 Å². The highest BCUT2D eigenvalue weighted by Gasteiger charge is 1.99. The van der Waals surface area contributed by atoms with E-state index in [1.807, 2.05) is 12.1 Å². The van der Waals surface area contributed by atoms with Gasteiger partial charge in [-0.1, -0.05) is 31.1 Å². The van der Waals surface area contributed by atoms with Gasteiger partial charge in [0.2, 0.25) is 0 Å². The fraction of sp³-hybridized carbons (Fsp3) is 0.538. The van der Waals surface area contributed by atoms with E-state index in [-0.39, 0.29) is 0 Å². The summed E-state index contributed by atoms with van der Waals surface area (Å²) < 4.78 is 10.7. The maximum absolute atomic E-state index is 8.06. The van der Waals surface area contributed by atoms with Gasteiger partial charge in [-0.05, 0) is 29.1 Å². The molecule has 0 saturated heterocycles. The third-order valence-corrected chi connectivity index (χ3v) is 2.44. The van der Waals surface area contributed by atoms with Gasteiger partial charge in [0.1, 0.15) is 12.4 Å². The zero-order valence-electron chi connectivity index (χ0n) is 10.9. The topological polar surface area (TPSA) is 67.2 Å². The number of hydrogen-bond acceptors (Lipinski definition) is 3. The highest BCUT2D eigenvalue weighted by molar-refractivity contribution is 5.28. The van der Waals surface area contributed by atoms with Crippen LogP contribution >= 0.6 is 0 Å². The van der Waals surface area contributed by atoms with Gasteiger partial charge < -0.3 is 9.47 Å². The Hall–Kier alpha value is -1.71. The smallest absolute Gasteiger partial charge is 0.119 e. The van der Waals surface area contributed by atoms with Gasteiger partial charge in [0.25, 0.3) is 0 Å². The van der Waals surface area contributed by atoms with Gasteiger partial charge in [0.05, 0.1) is 13.2 Å². The molecule has 98 valence electrons. The van der Waals surface area contributed by atoms with E-state index in [9.17, 15) is 0 Å². The molecule has 0 amide bonds. The number of benzene rings is 1. The summed E-state index contributed by atoms with van der Waals surface area (Å²) in [6.07, 6.45) is 0. The van der Waals surface area contributed by atoms with Crippen LogP contribution in [0.5, 0.6) is 5.75 Å². The number of rotatable bonds is 8. The summed E-state index contributed by atoms with van der Waals surface area (Å²) in [5.74, 6) is 1.38. The summed E-state index contributed by atoms with van der Waals surface area (Å²) >= 11 is 0. The first-order valence-corrected chi connectivity index (χ1v) is 6.05. The van der Waals surface area contributed by atoms with Crippen LogP contribution in [0.3, 0.4) is 0 Å². The number of hydrogen-bond donors (Lipinski definition) is 0. The molecule has 0 saturated carbocycles. The Morgan fingerprint density at radius 1 is 1.17 bits per heavy atom. The van der Waals surface area contributed by atoms with Gasteiger partial charge in [0, 0.05) is 11.5 Å². The minimum atomic E-state index is 0.361. The lowest BCUT2D eigenvalue weighted by Gasteiger charge is -2.09. The third-order valence-electron chi connectivity index (χ3n) is 2.44. The quantitative estimate of drug-likeness (QED) is 0.306. The molecule has 0 spiro atoms. The largest absolute Gasteiger partial charge is 0.491 e. The lowest BCUT2D eigenvalue weighted by atomic mass is 10.0. The zero-order valence-corrected chi connectivity index (χ0v) is 10.9. The lowest BCUT2D eigenvalue weighted by Crippen LogP contribution is -2.08. The molecule has 0 aromatic heterocycles. The lowest BCUT2D eigenvalue weighted by molar-refractivity contribution is 0.106. The van der Waals surface area contributed by atoms with Crippen LogP contribution in [0.2, 0.25) is 0 Å². The minimum absolute atomic E-state index is 0.361. The highest BCUT2D eigenvalue weighted by atomic mass is 16.5. The van der Waals surface area contributed by atoms with Crippen molar-refractivity contribution in [1.29, 1.82) is 0 Å². The van der Waals surface area contributed by atoms with Crippen molar-refractivity contribution in [3.8, 4) is 5.75 Å². The van der Waals surface area contributed by atoms with Crippen LogP contribution in [-0.4, -0.2) is 26.4 Å². The Morgan fingerprint density at radius 2 is 1.89 bits per heavy atom. The molecular weight excluding hydrogens is 230 g/mol. The summed E-state index contributed by atoms with van der Waals surface area (Å²) in [5.41, 5.74) is 9.36. The van der Waals surface area contributed by atoms with E-state index in [4.69, 9.17) is 15.0 Å². The molecule has 1 rings (SSSR count). The summed E-state index contributed by atoms with van der Waals surface area (Å²) in [7, 11) is 0. The molecule has 18 heavy (non-hydrogen) atoms.